The molecular formula is C18H31N3. The molecule has 3 nitrogen and oxygen atoms in total. The van der Waals surface area contributed by atoms with E-state index in [9.17, 15) is 0 Å². The normalized spacial score (nSPS) is 19.0. The second-order valence-corrected chi connectivity index (χ2v) is 7.15. The van der Waals surface area contributed by atoms with Gasteiger partial charge in [0, 0.05) is 24.8 Å². The van der Waals surface area contributed by atoms with Gasteiger partial charge in [-0.3, -0.25) is 0 Å². The van der Waals surface area contributed by atoms with Crippen LogP contribution in [0.5, 0.6) is 0 Å². The third-order valence-electron chi connectivity index (χ3n) is 4.24. The molecule has 0 radical (unpaired) electrons. The number of aromatic nitrogens is 1. The predicted octanol–water partition coefficient (Wildman–Crippen LogP) is 3.76. The summed E-state index contributed by atoms with van der Waals surface area (Å²) in [5.74, 6) is 2.56. The molecule has 118 valence electrons. The van der Waals surface area contributed by atoms with Crippen LogP contribution in [0, 0.1) is 18.8 Å². The summed E-state index contributed by atoms with van der Waals surface area (Å²) in [6.45, 7) is 14.4. The largest absolute Gasteiger partial charge is 0.353 e. The first-order valence-corrected chi connectivity index (χ1v) is 8.42. The average molecular weight is 289 g/mol. The van der Waals surface area contributed by atoms with E-state index in [1.165, 1.54) is 24.2 Å². The molecule has 1 aliphatic rings. The van der Waals surface area contributed by atoms with Gasteiger partial charge in [0.15, 0.2) is 0 Å². The Bertz CT molecular complexity index is 454. The van der Waals surface area contributed by atoms with Crippen LogP contribution in [0.3, 0.4) is 0 Å². The van der Waals surface area contributed by atoms with Gasteiger partial charge in [-0.15, -0.1) is 0 Å². The van der Waals surface area contributed by atoms with Crippen molar-refractivity contribution in [2.24, 2.45) is 11.8 Å². The number of anilines is 1. The van der Waals surface area contributed by atoms with E-state index < -0.39 is 0 Å². The summed E-state index contributed by atoms with van der Waals surface area (Å²) >= 11 is 0. The highest BCUT2D eigenvalue weighted by Gasteiger charge is 2.28. The first-order chi connectivity index (χ1) is 9.97. The van der Waals surface area contributed by atoms with Crippen molar-refractivity contribution in [1.29, 1.82) is 0 Å². The van der Waals surface area contributed by atoms with Gasteiger partial charge in [0.05, 0.1) is 0 Å². The zero-order chi connectivity index (χ0) is 15.4. The van der Waals surface area contributed by atoms with Gasteiger partial charge < -0.3 is 10.2 Å². The molecule has 1 fully saturated rings. The monoisotopic (exact) mass is 289 g/mol. The van der Waals surface area contributed by atoms with Crippen LogP contribution in [0.1, 0.15) is 51.8 Å². The smallest absolute Gasteiger partial charge is 0.129 e. The molecule has 21 heavy (non-hydrogen) atoms. The number of aryl methyl sites for hydroxylation is 1. The van der Waals surface area contributed by atoms with Crippen molar-refractivity contribution in [3.63, 3.8) is 0 Å². The van der Waals surface area contributed by atoms with Crippen molar-refractivity contribution < 1.29 is 0 Å². The van der Waals surface area contributed by atoms with Crippen molar-refractivity contribution in [2.75, 3.05) is 18.0 Å². The van der Waals surface area contributed by atoms with Crippen molar-refractivity contribution in [3.8, 4) is 0 Å². The van der Waals surface area contributed by atoms with Crippen LogP contribution in [-0.2, 0) is 6.54 Å². The Labute approximate surface area is 130 Å². The Morgan fingerprint density at radius 3 is 2.71 bits per heavy atom. The molecule has 1 aromatic rings. The molecule has 1 saturated heterocycles. The Hall–Kier alpha value is -1.09. The van der Waals surface area contributed by atoms with Gasteiger partial charge in [-0.25, -0.2) is 4.98 Å². The summed E-state index contributed by atoms with van der Waals surface area (Å²) in [5.41, 5.74) is 2.48. The molecule has 0 aromatic carbocycles. The van der Waals surface area contributed by atoms with Gasteiger partial charge in [0.1, 0.15) is 5.82 Å². The van der Waals surface area contributed by atoms with Crippen LogP contribution < -0.4 is 10.2 Å². The lowest BCUT2D eigenvalue weighted by Crippen LogP contribution is -2.34. The molecule has 2 heterocycles. The van der Waals surface area contributed by atoms with Gasteiger partial charge in [-0.05, 0) is 55.8 Å². The Balaban J connectivity index is 2.11. The molecule has 1 atom stereocenters. The fourth-order valence-corrected chi connectivity index (χ4v) is 3.25. The summed E-state index contributed by atoms with van der Waals surface area (Å²) in [6, 6.07) is 5.13. The van der Waals surface area contributed by atoms with Gasteiger partial charge in [-0.1, -0.05) is 27.7 Å². The fraction of sp³-hybridized carbons (Fsp3) is 0.722. The van der Waals surface area contributed by atoms with Crippen molar-refractivity contribution in [3.05, 3.63) is 23.4 Å². The van der Waals surface area contributed by atoms with Gasteiger partial charge in [0.2, 0.25) is 0 Å². The third-order valence-corrected chi connectivity index (χ3v) is 4.24. The summed E-state index contributed by atoms with van der Waals surface area (Å²) in [7, 11) is 0. The SMILES string of the molecule is Cc1cc(CNCC(C)C)cc(N2CCCC2C(C)C)n1. The molecule has 1 unspecified atom stereocenters. The predicted molar refractivity (Wildman–Crippen MR) is 90.7 cm³/mol. The Kier molecular flexibility index (Phi) is 5.63. The van der Waals surface area contributed by atoms with Crippen LogP contribution in [0.4, 0.5) is 5.82 Å². The minimum Gasteiger partial charge on any atom is -0.353 e. The second-order valence-electron chi connectivity index (χ2n) is 7.15. The van der Waals surface area contributed by atoms with E-state index in [1.807, 2.05) is 0 Å². The number of nitrogens with one attached hydrogen (secondary N) is 1. The zero-order valence-electron chi connectivity index (χ0n) is 14.3. The van der Waals surface area contributed by atoms with E-state index in [4.69, 9.17) is 4.98 Å². The highest BCUT2D eigenvalue weighted by molar-refractivity contribution is 5.45. The summed E-state index contributed by atoms with van der Waals surface area (Å²) < 4.78 is 0. The van der Waals surface area contributed by atoms with Crippen LogP contribution in [0.2, 0.25) is 0 Å². The van der Waals surface area contributed by atoms with Crippen molar-refractivity contribution in [1.82, 2.24) is 10.3 Å². The zero-order valence-corrected chi connectivity index (χ0v) is 14.3. The molecule has 1 aromatic heterocycles. The highest BCUT2D eigenvalue weighted by atomic mass is 15.2. The molecular weight excluding hydrogens is 258 g/mol. The van der Waals surface area contributed by atoms with E-state index in [1.54, 1.807) is 0 Å². The lowest BCUT2D eigenvalue weighted by atomic mass is 10.0. The van der Waals surface area contributed by atoms with E-state index in [2.05, 4.69) is 57.0 Å². The van der Waals surface area contributed by atoms with Crippen molar-refractivity contribution in [2.45, 2.75) is 60.0 Å². The molecule has 0 amide bonds. The third kappa shape index (κ3) is 4.44. The molecule has 0 saturated carbocycles. The van der Waals surface area contributed by atoms with Crippen LogP contribution in [-0.4, -0.2) is 24.1 Å². The molecule has 1 aliphatic heterocycles. The molecule has 2 rings (SSSR count). The second kappa shape index (κ2) is 7.26. The maximum absolute atomic E-state index is 4.79. The minimum atomic E-state index is 0.649. The van der Waals surface area contributed by atoms with E-state index in [0.29, 0.717) is 17.9 Å². The van der Waals surface area contributed by atoms with E-state index in [-0.39, 0.29) is 0 Å². The minimum absolute atomic E-state index is 0.649. The number of nitrogens with zero attached hydrogens (tertiary/aromatic N) is 2. The number of hydrogen-bond donors (Lipinski definition) is 1. The standard InChI is InChI=1S/C18H31N3/c1-13(2)11-19-12-16-9-15(5)20-18(10-16)21-8-6-7-17(21)14(3)4/h9-10,13-14,17,19H,6-8,11-12H2,1-5H3. The Morgan fingerprint density at radius 2 is 2.05 bits per heavy atom. The summed E-state index contributed by atoms with van der Waals surface area (Å²) in [6.07, 6.45) is 2.59. The number of hydrogen-bond acceptors (Lipinski definition) is 3. The maximum Gasteiger partial charge on any atom is 0.129 e. The van der Waals surface area contributed by atoms with Gasteiger partial charge >= 0.3 is 0 Å². The maximum atomic E-state index is 4.79. The Morgan fingerprint density at radius 1 is 1.29 bits per heavy atom. The molecule has 3 heteroatoms. The first kappa shape index (κ1) is 16.3. The molecule has 0 spiro atoms. The molecule has 0 aliphatic carbocycles. The number of pyridine rings is 1. The van der Waals surface area contributed by atoms with E-state index in [0.717, 1.165) is 25.3 Å². The fourth-order valence-electron chi connectivity index (χ4n) is 3.25. The topological polar surface area (TPSA) is 28.2 Å². The summed E-state index contributed by atoms with van der Waals surface area (Å²) in [4.78, 5) is 7.31. The first-order valence-electron chi connectivity index (χ1n) is 8.42. The van der Waals surface area contributed by atoms with Crippen molar-refractivity contribution >= 4 is 5.82 Å². The quantitative estimate of drug-likeness (QED) is 0.864. The van der Waals surface area contributed by atoms with Gasteiger partial charge in [0.25, 0.3) is 0 Å². The molecule has 1 N–H and O–H groups in total. The van der Waals surface area contributed by atoms with Crippen LogP contribution in [0.25, 0.3) is 0 Å². The van der Waals surface area contributed by atoms with Crippen LogP contribution in [0.15, 0.2) is 12.1 Å². The average Bonchev–Trinajstić information content (AvgIpc) is 2.86. The van der Waals surface area contributed by atoms with E-state index >= 15 is 0 Å². The molecule has 0 bridgehead atoms. The van der Waals surface area contributed by atoms with Crippen LogP contribution >= 0.6 is 0 Å². The number of rotatable bonds is 6. The summed E-state index contributed by atoms with van der Waals surface area (Å²) in [5, 5.41) is 3.53. The lowest BCUT2D eigenvalue weighted by molar-refractivity contribution is 0.489. The van der Waals surface area contributed by atoms with Gasteiger partial charge in [-0.2, -0.15) is 0 Å². The highest BCUT2D eigenvalue weighted by Crippen LogP contribution is 2.29. The lowest BCUT2D eigenvalue weighted by Gasteiger charge is -2.29.